The lowest BCUT2D eigenvalue weighted by atomic mass is 10.1. The Bertz CT molecular complexity index is 939. The third-order valence-corrected chi connectivity index (χ3v) is 3.74. The summed E-state index contributed by atoms with van der Waals surface area (Å²) in [7, 11) is 0. The third-order valence-electron chi connectivity index (χ3n) is 3.74. The van der Waals surface area contributed by atoms with Gasteiger partial charge in [0.25, 0.3) is 11.5 Å². The number of carbonyl (C=O) groups excluding carboxylic acids is 2. The summed E-state index contributed by atoms with van der Waals surface area (Å²) in [5.41, 5.74) is 1.10. The Balaban J connectivity index is 2.14. The van der Waals surface area contributed by atoms with Crippen molar-refractivity contribution in [3.63, 3.8) is 0 Å². The molecule has 6 heteroatoms. The molecule has 2 aromatic carbocycles. The molecule has 25 heavy (non-hydrogen) atoms. The predicted octanol–water partition coefficient (Wildman–Crippen LogP) is 2.55. The maximum Gasteiger partial charge on any atom is 0.305 e. The van der Waals surface area contributed by atoms with Gasteiger partial charge in [-0.15, -0.1) is 0 Å². The van der Waals surface area contributed by atoms with Crippen LogP contribution in [0.3, 0.4) is 0 Å². The van der Waals surface area contributed by atoms with Gasteiger partial charge in [0.2, 0.25) is 5.52 Å². The molecule has 0 unspecified atom stereocenters. The summed E-state index contributed by atoms with van der Waals surface area (Å²) in [6, 6.07) is 15.2. The summed E-state index contributed by atoms with van der Waals surface area (Å²) in [6.45, 7) is 1.44. The van der Waals surface area contributed by atoms with Crippen LogP contribution in [-0.2, 0) is 16.1 Å². The quantitative estimate of drug-likeness (QED) is 0.309. The van der Waals surface area contributed by atoms with E-state index in [4.69, 9.17) is 4.74 Å². The van der Waals surface area contributed by atoms with Crippen molar-refractivity contribution in [2.24, 2.45) is 0 Å². The molecule has 1 aromatic heterocycles. The SMILES string of the molecule is CCC(=O)OCc1nc2ccccc2[n+]([O-])c1C(=O)c1ccccc1. The highest BCUT2D eigenvalue weighted by Crippen LogP contribution is 2.16. The fourth-order valence-electron chi connectivity index (χ4n) is 2.47. The fourth-order valence-corrected chi connectivity index (χ4v) is 2.47. The Labute approximate surface area is 144 Å². The molecule has 6 nitrogen and oxygen atoms in total. The first-order valence-electron chi connectivity index (χ1n) is 7.88. The molecular formula is C19H16N2O4. The second kappa shape index (κ2) is 7.09. The maximum absolute atomic E-state index is 12.8. The van der Waals surface area contributed by atoms with E-state index in [0.29, 0.717) is 15.8 Å². The van der Waals surface area contributed by atoms with E-state index in [1.807, 2.05) is 0 Å². The molecule has 0 radical (unpaired) electrons. The van der Waals surface area contributed by atoms with Crippen LogP contribution in [0.5, 0.6) is 0 Å². The summed E-state index contributed by atoms with van der Waals surface area (Å²) in [5.74, 6) is -0.887. The van der Waals surface area contributed by atoms with Gasteiger partial charge in [-0.2, -0.15) is 4.73 Å². The van der Waals surface area contributed by atoms with Gasteiger partial charge in [0.1, 0.15) is 12.1 Å². The van der Waals surface area contributed by atoms with E-state index in [2.05, 4.69) is 4.98 Å². The van der Waals surface area contributed by atoms with Crippen molar-refractivity contribution in [2.45, 2.75) is 20.0 Å². The lowest BCUT2D eigenvalue weighted by Gasteiger charge is -2.11. The third kappa shape index (κ3) is 3.33. The van der Waals surface area contributed by atoms with Crippen molar-refractivity contribution in [2.75, 3.05) is 0 Å². The van der Waals surface area contributed by atoms with E-state index in [0.717, 1.165) is 0 Å². The number of fused-ring (bicyclic) bond motifs is 1. The Kier molecular flexibility index (Phi) is 4.70. The van der Waals surface area contributed by atoms with Crippen LogP contribution in [0.25, 0.3) is 11.0 Å². The van der Waals surface area contributed by atoms with Gasteiger partial charge in [-0.3, -0.25) is 9.59 Å². The van der Waals surface area contributed by atoms with Crippen LogP contribution in [-0.4, -0.2) is 16.7 Å². The topological polar surface area (TPSA) is 83.2 Å². The first-order valence-corrected chi connectivity index (χ1v) is 7.88. The highest BCUT2D eigenvalue weighted by Gasteiger charge is 2.27. The Hall–Kier alpha value is -3.28. The number of rotatable bonds is 5. The molecule has 0 amide bonds. The lowest BCUT2D eigenvalue weighted by molar-refractivity contribution is -0.580. The normalized spacial score (nSPS) is 10.6. The number of hydrogen-bond acceptors (Lipinski definition) is 5. The minimum atomic E-state index is -0.462. The molecule has 0 bridgehead atoms. The van der Waals surface area contributed by atoms with E-state index >= 15 is 0 Å². The maximum atomic E-state index is 12.8. The zero-order chi connectivity index (χ0) is 17.8. The number of nitrogens with zero attached hydrogens (tertiary/aromatic N) is 2. The van der Waals surface area contributed by atoms with Crippen LogP contribution in [0.1, 0.15) is 35.1 Å². The zero-order valence-corrected chi connectivity index (χ0v) is 13.6. The van der Waals surface area contributed by atoms with Gasteiger partial charge in [0.15, 0.2) is 5.69 Å². The van der Waals surface area contributed by atoms with Crippen molar-refractivity contribution >= 4 is 22.8 Å². The first-order chi connectivity index (χ1) is 12.1. The summed E-state index contributed by atoms with van der Waals surface area (Å²) in [4.78, 5) is 28.7. The van der Waals surface area contributed by atoms with Crippen molar-refractivity contribution in [1.82, 2.24) is 4.98 Å². The summed E-state index contributed by atoms with van der Waals surface area (Å²) >= 11 is 0. The molecule has 3 aromatic rings. The van der Waals surface area contributed by atoms with Crippen molar-refractivity contribution < 1.29 is 19.1 Å². The van der Waals surface area contributed by atoms with E-state index in [9.17, 15) is 14.8 Å². The van der Waals surface area contributed by atoms with Gasteiger partial charge >= 0.3 is 5.97 Å². The molecule has 3 rings (SSSR count). The number of para-hydroxylation sites is 2. The molecule has 0 fully saturated rings. The average Bonchev–Trinajstić information content (AvgIpc) is 2.66. The van der Waals surface area contributed by atoms with Gasteiger partial charge in [0.05, 0.1) is 0 Å². The number of ketones is 1. The van der Waals surface area contributed by atoms with Crippen LogP contribution in [0, 0.1) is 5.21 Å². The molecule has 1 heterocycles. The minimum absolute atomic E-state index is 0.131. The fraction of sp³-hybridized carbons (Fsp3) is 0.158. The highest BCUT2D eigenvalue weighted by molar-refractivity contribution is 6.07. The van der Waals surface area contributed by atoms with Crippen LogP contribution in [0.15, 0.2) is 54.6 Å². The standard InChI is InChI=1S/C19H16N2O4/c1-2-17(22)25-12-15-18(19(23)13-8-4-3-5-9-13)21(24)16-11-7-6-10-14(16)20-15/h3-11H,2,12H2,1H3. The van der Waals surface area contributed by atoms with E-state index < -0.39 is 11.8 Å². The molecule has 0 atom stereocenters. The molecule has 0 aliphatic rings. The first kappa shape index (κ1) is 16.6. The lowest BCUT2D eigenvalue weighted by Crippen LogP contribution is -2.38. The molecule has 0 N–H and O–H groups in total. The van der Waals surface area contributed by atoms with Crippen LogP contribution in [0.2, 0.25) is 0 Å². The van der Waals surface area contributed by atoms with Crippen molar-refractivity contribution in [3.8, 4) is 0 Å². The molecule has 0 spiro atoms. The number of benzene rings is 2. The van der Waals surface area contributed by atoms with Gasteiger partial charge in [-0.05, 0) is 6.07 Å². The number of hydrogen-bond donors (Lipinski definition) is 0. The van der Waals surface area contributed by atoms with Gasteiger partial charge in [0, 0.05) is 18.1 Å². The van der Waals surface area contributed by atoms with Crippen molar-refractivity contribution in [3.05, 3.63) is 76.8 Å². The Morgan fingerprint density at radius 2 is 1.76 bits per heavy atom. The molecule has 0 aliphatic heterocycles. The van der Waals surface area contributed by atoms with Gasteiger partial charge in [-0.25, -0.2) is 4.98 Å². The predicted molar refractivity (Wildman–Crippen MR) is 90.7 cm³/mol. The molecule has 126 valence electrons. The minimum Gasteiger partial charge on any atom is -0.618 e. The number of esters is 1. The largest absolute Gasteiger partial charge is 0.618 e. The Morgan fingerprint density at radius 1 is 1.08 bits per heavy atom. The van der Waals surface area contributed by atoms with Crippen molar-refractivity contribution in [1.29, 1.82) is 0 Å². The zero-order valence-electron chi connectivity index (χ0n) is 13.6. The Morgan fingerprint density at radius 3 is 2.48 bits per heavy atom. The second-order valence-electron chi connectivity index (χ2n) is 5.40. The summed E-state index contributed by atoms with van der Waals surface area (Å²) < 4.78 is 5.66. The van der Waals surface area contributed by atoms with Gasteiger partial charge in [-0.1, -0.05) is 49.4 Å². The molecule has 0 saturated carbocycles. The average molecular weight is 336 g/mol. The summed E-state index contributed by atoms with van der Waals surface area (Å²) in [5, 5.41) is 12.8. The highest BCUT2D eigenvalue weighted by atomic mass is 16.5. The second-order valence-corrected chi connectivity index (χ2v) is 5.40. The van der Waals surface area contributed by atoms with Crippen LogP contribution in [0.4, 0.5) is 0 Å². The van der Waals surface area contributed by atoms with Crippen LogP contribution < -0.4 is 4.73 Å². The van der Waals surface area contributed by atoms with E-state index in [1.165, 1.54) is 0 Å². The van der Waals surface area contributed by atoms with Crippen LogP contribution >= 0.6 is 0 Å². The monoisotopic (exact) mass is 336 g/mol. The van der Waals surface area contributed by atoms with Gasteiger partial charge < -0.3 is 9.94 Å². The smallest absolute Gasteiger partial charge is 0.305 e. The number of ether oxygens (including phenoxy) is 1. The number of aromatic nitrogens is 2. The number of carbonyl (C=O) groups is 2. The summed E-state index contributed by atoms with van der Waals surface area (Å²) in [6.07, 6.45) is 0.201. The molecular weight excluding hydrogens is 320 g/mol. The van der Waals surface area contributed by atoms with E-state index in [-0.39, 0.29) is 29.9 Å². The molecule has 0 aliphatic carbocycles. The van der Waals surface area contributed by atoms with E-state index in [1.54, 1.807) is 61.5 Å². The molecule has 0 saturated heterocycles.